The predicted octanol–water partition coefficient (Wildman–Crippen LogP) is 5.88. The van der Waals surface area contributed by atoms with E-state index in [1.165, 1.54) is 0 Å². The van der Waals surface area contributed by atoms with E-state index < -0.39 is 0 Å². The highest BCUT2D eigenvalue weighted by Gasteiger charge is 2.26. The Balaban J connectivity index is 1.33. The highest BCUT2D eigenvalue weighted by Crippen LogP contribution is 2.51. The normalized spacial score (nSPS) is 14.1. The number of nitrogens with zero attached hydrogens (tertiary/aromatic N) is 2. The fraction of sp³-hybridized carbons (Fsp3) is 0.214. The molecule has 8 heteroatoms. The summed E-state index contributed by atoms with van der Waals surface area (Å²) < 4.78 is 17.4. The average molecular weight is 501 g/mol. The Morgan fingerprint density at radius 3 is 2.75 bits per heavy atom. The van der Waals surface area contributed by atoms with E-state index in [2.05, 4.69) is 5.16 Å². The summed E-state index contributed by atoms with van der Waals surface area (Å²) in [6.07, 6.45) is 0.207. The molecule has 0 fully saturated rings. The predicted molar refractivity (Wildman–Crippen MR) is 135 cm³/mol. The molecular weight excluding hydrogens is 476 g/mol. The summed E-state index contributed by atoms with van der Waals surface area (Å²) in [6.45, 7) is 4.69. The van der Waals surface area contributed by atoms with Gasteiger partial charge >= 0.3 is 0 Å². The van der Waals surface area contributed by atoms with Crippen LogP contribution < -0.4 is 9.47 Å². The number of rotatable bonds is 3. The van der Waals surface area contributed by atoms with Crippen LogP contribution in [-0.2, 0) is 17.8 Å². The third-order valence-corrected chi connectivity index (χ3v) is 7.65. The first-order valence-electron chi connectivity index (χ1n) is 11.7. The Hall–Kier alpha value is -3.91. The van der Waals surface area contributed by atoms with Crippen LogP contribution >= 0.6 is 11.8 Å². The molecule has 1 amide bonds. The van der Waals surface area contributed by atoms with Gasteiger partial charge in [-0.3, -0.25) is 4.79 Å². The van der Waals surface area contributed by atoms with Gasteiger partial charge < -0.3 is 24.0 Å². The number of hydrogen-bond donors (Lipinski definition) is 1. The number of aryl methyl sites for hydroxylation is 2. The number of para-hydroxylation sites is 2. The monoisotopic (exact) mass is 500 g/mol. The fourth-order valence-corrected chi connectivity index (χ4v) is 5.65. The number of carbonyl (C=O) groups is 1. The molecule has 4 aromatic rings. The molecule has 0 aliphatic carbocycles. The first kappa shape index (κ1) is 22.5. The molecule has 0 saturated heterocycles. The zero-order valence-corrected chi connectivity index (χ0v) is 20.7. The summed E-state index contributed by atoms with van der Waals surface area (Å²) in [5.41, 5.74) is 3.95. The summed E-state index contributed by atoms with van der Waals surface area (Å²) in [6, 6.07) is 17.6. The number of phenols is 1. The maximum atomic E-state index is 13.2. The van der Waals surface area contributed by atoms with Crippen LogP contribution in [0.2, 0.25) is 0 Å². The molecule has 0 saturated carbocycles. The van der Waals surface area contributed by atoms with Gasteiger partial charge in [-0.1, -0.05) is 41.2 Å². The molecule has 6 rings (SSSR count). The molecule has 0 bridgehead atoms. The third-order valence-electron chi connectivity index (χ3n) is 6.55. The molecule has 0 unspecified atom stereocenters. The lowest BCUT2D eigenvalue weighted by Gasteiger charge is -2.23. The smallest absolute Gasteiger partial charge is 0.227 e. The van der Waals surface area contributed by atoms with Gasteiger partial charge in [-0.25, -0.2) is 0 Å². The van der Waals surface area contributed by atoms with E-state index in [9.17, 15) is 9.90 Å². The Morgan fingerprint density at radius 1 is 1.08 bits per heavy atom. The van der Waals surface area contributed by atoms with Gasteiger partial charge in [0.15, 0.2) is 11.5 Å². The second kappa shape index (κ2) is 8.95. The van der Waals surface area contributed by atoms with Crippen molar-refractivity contribution < 1.29 is 23.9 Å². The van der Waals surface area contributed by atoms with Gasteiger partial charge in [0, 0.05) is 23.2 Å². The Kier molecular flexibility index (Phi) is 5.60. The van der Waals surface area contributed by atoms with Crippen LogP contribution in [0.3, 0.4) is 0 Å². The van der Waals surface area contributed by atoms with Crippen molar-refractivity contribution in [2.75, 3.05) is 13.2 Å². The highest BCUT2D eigenvalue weighted by atomic mass is 32.2. The molecule has 3 aromatic carbocycles. The molecule has 7 nitrogen and oxygen atoms in total. The lowest BCUT2D eigenvalue weighted by atomic mass is 10.00. The van der Waals surface area contributed by atoms with Crippen LogP contribution in [-0.4, -0.2) is 34.2 Å². The minimum atomic E-state index is -0.0424. The maximum absolute atomic E-state index is 13.2. The molecule has 0 spiro atoms. The summed E-state index contributed by atoms with van der Waals surface area (Å²) in [5, 5.41) is 14.9. The molecule has 1 N–H and O–H groups in total. The van der Waals surface area contributed by atoms with Gasteiger partial charge in [-0.05, 0) is 49.7 Å². The van der Waals surface area contributed by atoms with Crippen molar-refractivity contribution in [2.45, 2.75) is 36.6 Å². The van der Waals surface area contributed by atoms with Gasteiger partial charge in [0.1, 0.15) is 23.9 Å². The lowest BCUT2D eigenvalue weighted by molar-refractivity contribution is -0.131. The van der Waals surface area contributed by atoms with Gasteiger partial charge in [0.2, 0.25) is 5.91 Å². The molecule has 36 heavy (non-hydrogen) atoms. The zero-order valence-electron chi connectivity index (χ0n) is 19.9. The number of hydrogen-bond acceptors (Lipinski definition) is 7. The minimum absolute atomic E-state index is 0.0424. The van der Waals surface area contributed by atoms with Crippen LogP contribution in [0, 0.1) is 13.8 Å². The van der Waals surface area contributed by atoms with E-state index in [0.717, 1.165) is 49.2 Å². The summed E-state index contributed by atoms with van der Waals surface area (Å²) in [4.78, 5) is 17.0. The Bertz CT molecular complexity index is 1480. The molecule has 3 heterocycles. The van der Waals surface area contributed by atoms with Crippen molar-refractivity contribution in [3.8, 4) is 34.1 Å². The number of ether oxygens (including phenoxy) is 2. The zero-order chi connectivity index (χ0) is 24.8. The quantitative estimate of drug-likeness (QED) is 0.331. The Labute approximate surface area is 212 Å². The van der Waals surface area contributed by atoms with E-state index >= 15 is 0 Å². The molecule has 0 atom stereocenters. The van der Waals surface area contributed by atoms with Gasteiger partial charge in [-0.2, -0.15) is 0 Å². The number of benzene rings is 3. The van der Waals surface area contributed by atoms with E-state index in [4.69, 9.17) is 14.0 Å². The van der Waals surface area contributed by atoms with Crippen LogP contribution in [0.15, 0.2) is 68.9 Å². The van der Waals surface area contributed by atoms with Crippen molar-refractivity contribution in [3.05, 3.63) is 77.2 Å². The molecule has 0 radical (unpaired) electrons. The van der Waals surface area contributed by atoms with Gasteiger partial charge in [0.25, 0.3) is 0 Å². The second-order valence-electron chi connectivity index (χ2n) is 8.91. The largest absolute Gasteiger partial charge is 0.504 e. The van der Waals surface area contributed by atoms with E-state index in [1.54, 1.807) is 22.7 Å². The van der Waals surface area contributed by atoms with Crippen LogP contribution in [0.25, 0.3) is 11.1 Å². The summed E-state index contributed by atoms with van der Waals surface area (Å²) in [5.74, 6) is 2.63. The SMILES string of the molecule is Cc1noc(C)c1CC(=O)N1CCOc2c(O)cc(-c3cccc4c3Oc3ccccc3S4)cc2C1. The van der Waals surface area contributed by atoms with Crippen LogP contribution in [0.1, 0.15) is 22.6 Å². The van der Waals surface area contributed by atoms with Crippen molar-refractivity contribution in [3.63, 3.8) is 0 Å². The average Bonchev–Trinajstić information content (AvgIpc) is 3.06. The summed E-state index contributed by atoms with van der Waals surface area (Å²) in [7, 11) is 0. The van der Waals surface area contributed by atoms with Crippen molar-refractivity contribution in [2.24, 2.45) is 0 Å². The standard InChI is InChI=1S/C28H24N2O5S/c1-16-21(17(2)35-29-16)14-26(32)30-10-11-33-27-19(15-30)12-18(13-22(27)31)20-6-5-9-25-28(20)34-23-7-3-4-8-24(23)36-25/h3-9,12-13,31H,10-11,14-15H2,1-2H3. The molecule has 1 aromatic heterocycles. The van der Waals surface area contributed by atoms with Gasteiger partial charge in [-0.15, -0.1) is 0 Å². The maximum Gasteiger partial charge on any atom is 0.227 e. The first-order valence-corrected chi connectivity index (χ1v) is 12.6. The van der Waals surface area contributed by atoms with Gasteiger partial charge in [0.05, 0.1) is 28.5 Å². The fourth-order valence-electron chi connectivity index (χ4n) is 4.66. The van der Waals surface area contributed by atoms with Crippen LogP contribution in [0.4, 0.5) is 0 Å². The van der Waals surface area contributed by atoms with Crippen molar-refractivity contribution in [1.82, 2.24) is 10.1 Å². The van der Waals surface area contributed by atoms with Crippen molar-refractivity contribution in [1.29, 1.82) is 0 Å². The number of phenolic OH excluding ortho intramolecular Hbond substituents is 1. The Morgan fingerprint density at radius 2 is 1.92 bits per heavy atom. The molecular formula is C28H24N2O5S. The highest BCUT2D eigenvalue weighted by molar-refractivity contribution is 7.99. The molecule has 2 aliphatic rings. The second-order valence-corrected chi connectivity index (χ2v) is 9.99. The number of amides is 1. The minimum Gasteiger partial charge on any atom is -0.504 e. The van der Waals surface area contributed by atoms with E-state index in [-0.39, 0.29) is 18.1 Å². The lowest BCUT2D eigenvalue weighted by Crippen LogP contribution is -2.33. The third kappa shape index (κ3) is 3.97. The molecule has 2 aliphatic heterocycles. The summed E-state index contributed by atoms with van der Waals surface area (Å²) >= 11 is 1.66. The van der Waals surface area contributed by atoms with E-state index in [1.807, 2.05) is 62.4 Å². The van der Waals surface area contributed by atoms with Crippen molar-refractivity contribution >= 4 is 17.7 Å². The number of carbonyl (C=O) groups excluding carboxylic acids is 1. The topological polar surface area (TPSA) is 85.0 Å². The number of aromatic nitrogens is 1. The number of fused-ring (bicyclic) bond motifs is 3. The molecule has 182 valence electrons. The number of aromatic hydroxyl groups is 1. The van der Waals surface area contributed by atoms with E-state index in [0.29, 0.717) is 31.2 Å². The van der Waals surface area contributed by atoms with Crippen LogP contribution in [0.5, 0.6) is 23.0 Å². The first-order chi connectivity index (χ1) is 17.5.